The smallest absolute Gasteiger partial charge is 0.235 e. The second-order valence-corrected chi connectivity index (χ2v) is 9.58. The van der Waals surface area contributed by atoms with Gasteiger partial charge in [-0.05, 0) is 36.3 Å². The van der Waals surface area contributed by atoms with Crippen molar-refractivity contribution in [3.8, 4) is 0 Å². The Morgan fingerprint density at radius 2 is 1.74 bits per heavy atom. The zero-order valence-corrected chi connectivity index (χ0v) is 19.3. The summed E-state index contributed by atoms with van der Waals surface area (Å²) in [5.41, 5.74) is 2.38. The molecule has 0 aliphatic carbocycles. The van der Waals surface area contributed by atoms with Crippen LogP contribution in [0.2, 0.25) is 0 Å². The molecule has 168 valence electrons. The lowest BCUT2D eigenvalue weighted by Crippen LogP contribution is -2.38. The number of aryl methyl sites for hydroxylation is 1. The standard InChI is InChI=1S/C23H32N4O3S/c1-16-8-17(2)12-27(11-16)13-20-6-4-19(5-7-20)10-24-22(28)14-31-15-23(29)25-21-9-18(3)30-26-21/h4-7,9,16-17H,8,10-15H2,1-3H3,(H,24,28)(H,25,26,29). The fourth-order valence-electron chi connectivity index (χ4n) is 4.03. The van der Waals surface area contributed by atoms with Gasteiger partial charge in [-0.2, -0.15) is 0 Å². The van der Waals surface area contributed by atoms with E-state index in [2.05, 4.69) is 58.8 Å². The van der Waals surface area contributed by atoms with E-state index >= 15 is 0 Å². The summed E-state index contributed by atoms with van der Waals surface area (Å²) in [6.07, 6.45) is 1.32. The van der Waals surface area contributed by atoms with Crippen molar-refractivity contribution in [2.75, 3.05) is 29.9 Å². The van der Waals surface area contributed by atoms with Crippen molar-refractivity contribution in [3.05, 3.63) is 47.2 Å². The predicted molar refractivity (Wildman–Crippen MR) is 124 cm³/mol. The molecule has 2 heterocycles. The number of hydrogen-bond acceptors (Lipinski definition) is 6. The number of carbonyl (C=O) groups is 2. The number of likely N-dealkylation sites (tertiary alicyclic amines) is 1. The Labute approximate surface area is 188 Å². The number of aromatic nitrogens is 1. The number of nitrogens with one attached hydrogen (secondary N) is 2. The van der Waals surface area contributed by atoms with Gasteiger partial charge >= 0.3 is 0 Å². The van der Waals surface area contributed by atoms with Gasteiger partial charge in [0, 0.05) is 32.2 Å². The lowest BCUT2D eigenvalue weighted by Gasteiger charge is -2.35. The largest absolute Gasteiger partial charge is 0.360 e. The first-order chi connectivity index (χ1) is 14.9. The summed E-state index contributed by atoms with van der Waals surface area (Å²) in [5.74, 6) is 2.65. The number of anilines is 1. The molecule has 2 unspecified atom stereocenters. The monoisotopic (exact) mass is 444 g/mol. The molecule has 31 heavy (non-hydrogen) atoms. The molecular formula is C23H32N4O3S. The Morgan fingerprint density at radius 1 is 1.10 bits per heavy atom. The third-order valence-corrected chi connectivity index (χ3v) is 6.16. The van der Waals surface area contributed by atoms with Crippen LogP contribution in [0.15, 0.2) is 34.9 Å². The van der Waals surface area contributed by atoms with Crippen molar-refractivity contribution >= 4 is 29.4 Å². The highest BCUT2D eigenvalue weighted by Crippen LogP contribution is 2.22. The first kappa shape index (κ1) is 23.3. The van der Waals surface area contributed by atoms with Gasteiger partial charge in [-0.1, -0.05) is 43.3 Å². The molecule has 2 aromatic rings. The SMILES string of the molecule is Cc1cc(NC(=O)CSCC(=O)NCc2ccc(CN3CC(C)CC(C)C3)cc2)no1. The highest BCUT2D eigenvalue weighted by Gasteiger charge is 2.21. The first-order valence-electron chi connectivity index (χ1n) is 10.7. The zero-order valence-electron chi connectivity index (χ0n) is 18.5. The average Bonchev–Trinajstić information content (AvgIpc) is 3.11. The van der Waals surface area contributed by atoms with Crippen molar-refractivity contribution in [1.29, 1.82) is 0 Å². The van der Waals surface area contributed by atoms with Crippen molar-refractivity contribution in [2.45, 2.75) is 40.3 Å². The van der Waals surface area contributed by atoms with Crippen molar-refractivity contribution in [3.63, 3.8) is 0 Å². The molecule has 2 atom stereocenters. The first-order valence-corrected chi connectivity index (χ1v) is 11.9. The maximum atomic E-state index is 12.1. The van der Waals surface area contributed by atoms with E-state index in [-0.39, 0.29) is 23.3 Å². The van der Waals surface area contributed by atoms with E-state index in [0.29, 0.717) is 18.1 Å². The Kier molecular flexibility index (Phi) is 8.54. The van der Waals surface area contributed by atoms with E-state index in [1.54, 1.807) is 13.0 Å². The number of hydrogen-bond donors (Lipinski definition) is 2. The Hall–Kier alpha value is -2.32. The van der Waals surface area contributed by atoms with Gasteiger partial charge in [0.15, 0.2) is 5.82 Å². The van der Waals surface area contributed by atoms with E-state index in [1.165, 1.54) is 23.7 Å². The summed E-state index contributed by atoms with van der Waals surface area (Å²) in [7, 11) is 0. The summed E-state index contributed by atoms with van der Waals surface area (Å²) < 4.78 is 4.90. The maximum Gasteiger partial charge on any atom is 0.235 e. The molecule has 3 rings (SSSR count). The van der Waals surface area contributed by atoms with E-state index in [0.717, 1.165) is 37.0 Å². The minimum atomic E-state index is -0.209. The van der Waals surface area contributed by atoms with Crippen LogP contribution >= 0.6 is 11.8 Å². The van der Waals surface area contributed by atoms with E-state index in [4.69, 9.17) is 4.52 Å². The maximum absolute atomic E-state index is 12.1. The molecule has 0 bridgehead atoms. The highest BCUT2D eigenvalue weighted by atomic mass is 32.2. The van der Waals surface area contributed by atoms with Crippen LogP contribution in [0.1, 0.15) is 37.2 Å². The van der Waals surface area contributed by atoms with Gasteiger partial charge in [0.2, 0.25) is 11.8 Å². The van der Waals surface area contributed by atoms with Crippen LogP contribution in [-0.2, 0) is 22.7 Å². The van der Waals surface area contributed by atoms with Crippen LogP contribution in [0, 0.1) is 18.8 Å². The highest BCUT2D eigenvalue weighted by molar-refractivity contribution is 8.00. The molecule has 1 aromatic carbocycles. The van der Waals surface area contributed by atoms with Gasteiger partial charge in [0.25, 0.3) is 0 Å². The Balaban J connectivity index is 1.33. The molecule has 8 heteroatoms. The average molecular weight is 445 g/mol. The van der Waals surface area contributed by atoms with Gasteiger partial charge in [0.1, 0.15) is 5.76 Å². The van der Waals surface area contributed by atoms with Crippen LogP contribution < -0.4 is 10.6 Å². The number of rotatable bonds is 9. The molecule has 1 fully saturated rings. The number of amides is 2. The molecule has 0 spiro atoms. The number of carbonyl (C=O) groups excluding carboxylic acids is 2. The Bertz CT molecular complexity index is 858. The van der Waals surface area contributed by atoms with Crippen LogP contribution in [0.25, 0.3) is 0 Å². The molecule has 2 N–H and O–H groups in total. The number of piperidine rings is 1. The quantitative estimate of drug-likeness (QED) is 0.616. The fourth-order valence-corrected chi connectivity index (χ4v) is 4.68. The lowest BCUT2D eigenvalue weighted by molar-refractivity contribution is -0.118. The van der Waals surface area contributed by atoms with E-state index < -0.39 is 0 Å². The van der Waals surface area contributed by atoms with Gasteiger partial charge in [-0.25, -0.2) is 0 Å². The van der Waals surface area contributed by atoms with Gasteiger partial charge < -0.3 is 15.2 Å². The third kappa shape index (κ3) is 8.03. The molecule has 1 saturated heterocycles. The molecule has 7 nitrogen and oxygen atoms in total. The number of benzene rings is 1. The van der Waals surface area contributed by atoms with E-state index in [9.17, 15) is 9.59 Å². The van der Waals surface area contributed by atoms with E-state index in [1.807, 2.05) is 0 Å². The molecule has 1 aromatic heterocycles. The topological polar surface area (TPSA) is 87.5 Å². The minimum Gasteiger partial charge on any atom is -0.360 e. The van der Waals surface area contributed by atoms with Crippen LogP contribution in [0.4, 0.5) is 5.82 Å². The summed E-state index contributed by atoms with van der Waals surface area (Å²) in [6.45, 7) is 10.2. The second kappa shape index (κ2) is 11.3. The molecule has 0 radical (unpaired) electrons. The normalized spacial score (nSPS) is 19.2. The van der Waals surface area contributed by atoms with Crippen molar-refractivity contribution in [1.82, 2.24) is 15.4 Å². The van der Waals surface area contributed by atoms with Gasteiger partial charge in [-0.15, -0.1) is 11.8 Å². The molecular weight excluding hydrogens is 412 g/mol. The molecule has 1 aliphatic heterocycles. The predicted octanol–water partition coefficient (Wildman–Crippen LogP) is 3.45. The van der Waals surface area contributed by atoms with Crippen molar-refractivity contribution < 1.29 is 14.1 Å². The molecule has 2 amide bonds. The summed E-state index contributed by atoms with van der Waals surface area (Å²) in [6, 6.07) is 10.1. The van der Waals surface area contributed by atoms with Crippen LogP contribution in [-0.4, -0.2) is 46.5 Å². The minimum absolute atomic E-state index is 0.0875. The Morgan fingerprint density at radius 3 is 2.39 bits per heavy atom. The summed E-state index contributed by atoms with van der Waals surface area (Å²) in [5, 5.41) is 9.25. The third-order valence-electron chi connectivity index (χ3n) is 5.23. The van der Waals surface area contributed by atoms with Gasteiger partial charge in [0.05, 0.1) is 11.5 Å². The number of thioether (sulfide) groups is 1. The van der Waals surface area contributed by atoms with Crippen LogP contribution in [0.5, 0.6) is 0 Å². The molecule has 0 saturated carbocycles. The lowest BCUT2D eigenvalue weighted by atomic mass is 9.91. The molecule has 1 aliphatic rings. The summed E-state index contributed by atoms with van der Waals surface area (Å²) >= 11 is 1.26. The zero-order chi connectivity index (χ0) is 22.2. The fraction of sp³-hybridized carbons (Fsp3) is 0.522. The van der Waals surface area contributed by atoms with Crippen molar-refractivity contribution in [2.24, 2.45) is 11.8 Å². The van der Waals surface area contributed by atoms with Crippen LogP contribution in [0.3, 0.4) is 0 Å². The van der Waals surface area contributed by atoms with Gasteiger partial charge in [-0.3, -0.25) is 14.5 Å². The number of nitrogens with zero attached hydrogens (tertiary/aromatic N) is 2. The second-order valence-electron chi connectivity index (χ2n) is 8.60. The summed E-state index contributed by atoms with van der Waals surface area (Å²) in [4.78, 5) is 26.4.